The summed E-state index contributed by atoms with van der Waals surface area (Å²) in [4.78, 5) is 0. The molecule has 0 aliphatic heterocycles. The van der Waals surface area contributed by atoms with Gasteiger partial charge < -0.3 is 5.32 Å². The molecular weight excluding hydrogens is 253 g/mol. The molecule has 0 aliphatic carbocycles. The van der Waals surface area contributed by atoms with Gasteiger partial charge in [-0.25, -0.2) is 4.39 Å². The fourth-order valence-corrected chi connectivity index (χ4v) is 2.42. The van der Waals surface area contributed by atoms with Gasteiger partial charge in [-0.1, -0.05) is 30.3 Å². The maximum Gasteiger partial charge on any atom is 0.123 e. The van der Waals surface area contributed by atoms with E-state index in [0.717, 1.165) is 28.7 Å². The van der Waals surface area contributed by atoms with Gasteiger partial charge in [0, 0.05) is 11.9 Å². The zero-order valence-electron chi connectivity index (χ0n) is 11.3. The fourth-order valence-electron chi connectivity index (χ4n) is 2.42. The maximum atomic E-state index is 13.3. The molecular formula is C16H16FN3. The van der Waals surface area contributed by atoms with E-state index < -0.39 is 0 Å². The highest BCUT2D eigenvalue weighted by Gasteiger charge is 2.09. The molecule has 0 bridgehead atoms. The molecule has 0 saturated carbocycles. The van der Waals surface area contributed by atoms with E-state index >= 15 is 0 Å². The minimum Gasteiger partial charge on any atom is -0.314 e. The Morgan fingerprint density at radius 3 is 2.80 bits per heavy atom. The van der Waals surface area contributed by atoms with Crippen LogP contribution in [0, 0.1) is 5.82 Å². The third kappa shape index (κ3) is 2.42. The van der Waals surface area contributed by atoms with E-state index in [1.807, 2.05) is 36.0 Å². The van der Waals surface area contributed by atoms with Crippen LogP contribution >= 0.6 is 0 Å². The van der Waals surface area contributed by atoms with Gasteiger partial charge in [-0.3, -0.25) is 4.68 Å². The van der Waals surface area contributed by atoms with Crippen molar-refractivity contribution >= 4 is 10.9 Å². The second kappa shape index (κ2) is 5.43. The van der Waals surface area contributed by atoms with Crippen LogP contribution in [0.1, 0.15) is 11.3 Å². The molecule has 0 saturated heterocycles. The smallest absolute Gasteiger partial charge is 0.123 e. The highest BCUT2D eigenvalue weighted by Crippen LogP contribution is 2.19. The van der Waals surface area contributed by atoms with Crippen molar-refractivity contribution in [3.05, 3.63) is 65.6 Å². The Morgan fingerprint density at radius 2 is 2.00 bits per heavy atom. The second-order valence-corrected chi connectivity index (χ2v) is 4.78. The fraction of sp³-hybridized carbons (Fsp3) is 0.188. The van der Waals surface area contributed by atoms with Crippen LogP contribution in [0.5, 0.6) is 0 Å². The Bertz CT molecular complexity index is 733. The summed E-state index contributed by atoms with van der Waals surface area (Å²) >= 11 is 0. The molecule has 1 aromatic heterocycles. The van der Waals surface area contributed by atoms with Crippen LogP contribution in [0.2, 0.25) is 0 Å². The molecule has 2 aromatic carbocycles. The monoisotopic (exact) mass is 269 g/mol. The predicted molar refractivity (Wildman–Crippen MR) is 78.0 cm³/mol. The minimum absolute atomic E-state index is 0.214. The molecule has 0 aliphatic rings. The first-order chi connectivity index (χ1) is 9.78. The van der Waals surface area contributed by atoms with Crippen LogP contribution < -0.4 is 5.32 Å². The summed E-state index contributed by atoms with van der Waals surface area (Å²) in [5.74, 6) is -0.214. The van der Waals surface area contributed by atoms with E-state index in [1.54, 1.807) is 12.1 Å². The number of halogens is 1. The van der Waals surface area contributed by atoms with Crippen molar-refractivity contribution in [2.75, 3.05) is 7.05 Å². The molecule has 0 atom stereocenters. The number of para-hydroxylation sites is 1. The third-order valence-electron chi connectivity index (χ3n) is 3.30. The van der Waals surface area contributed by atoms with E-state index in [-0.39, 0.29) is 5.82 Å². The van der Waals surface area contributed by atoms with Crippen molar-refractivity contribution in [2.24, 2.45) is 0 Å². The minimum atomic E-state index is -0.214. The SMILES string of the molecule is CNCc1nn(Cc2cccc(F)c2)c2ccccc12. The van der Waals surface area contributed by atoms with Gasteiger partial charge in [0.15, 0.2) is 0 Å². The summed E-state index contributed by atoms with van der Waals surface area (Å²) in [6.45, 7) is 1.29. The third-order valence-corrected chi connectivity index (χ3v) is 3.30. The number of hydrogen-bond acceptors (Lipinski definition) is 2. The Balaban J connectivity index is 2.03. The predicted octanol–water partition coefficient (Wildman–Crippen LogP) is 2.94. The van der Waals surface area contributed by atoms with E-state index in [2.05, 4.69) is 16.5 Å². The number of rotatable bonds is 4. The normalized spacial score (nSPS) is 11.1. The Kier molecular flexibility index (Phi) is 3.48. The summed E-state index contributed by atoms with van der Waals surface area (Å²) in [6.07, 6.45) is 0. The average Bonchev–Trinajstić information content (AvgIpc) is 2.78. The van der Waals surface area contributed by atoms with Crippen molar-refractivity contribution in [3.8, 4) is 0 Å². The molecule has 0 fully saturated rings. The summed E-state index contributed by atoms with van der Waals surface area (Å²) in [5.41, 5.74) is 3.00. The second-order valence-electron chi connectivity index (χ2n) is 4.78. The van der Waals surface area contributed by atoms with Crippen LogP contribution in [0.15, 0.2) is 48.5 Å². The molecule has 20 heavy (non-hydrogen) atoms. The number of fused-ring (bicyclic) bond motifs is 1. The van der Waals surface area contributed by atoms with Gasteiger partial charge in [0.25, 0.3) is 0 Å². The van der Waals surface area contributed by atoms with Crippen molar-refractivity contribution in [1.82, 2.24) is 15.1 Å². The molecule has 3 nitrogen and oxygen atoms in total. The zero-order chi connectivity index (χ0) is 13.9. The van der Waals surface area contributed by atoms with Gasteiger partial charge in [0.05, 0.1) is 17.8 Å². The molecule has 3 aromatic rings. The number of benzene rings is 2. The quantitative estimate of drug-likeness (QED) is 0.789. The average molecular weight is 269 g/mol. The summed E-state index contributed by atoms with van der Waals surface area (Å²) in [7, 11) is 1.90. The van der Waals surface area contributed by atoms with Gasteiger partial charge >= 0.3 is 0 Å². The first kappa shape index (κ1) is 12.8. The standard InChI is InChI=1S/C16H16FN3/c1-18-10-15-14-7-2-3-8-16(14)20(19-15)11-12-5-4-6-13(17)9-12/h2-9,18H,10-11H2,1H3. The molecule has 3 rings (SSSR count). The number of aromatic nitrogens is 2. The largest absolute Gasteiger partial charge is 0.314 e. The van der Waals surface area contributed by atoms with Crippen molar-refractivity contribution < 1.29 is 4.39 Å². The van der Waals surface area contributed by atoms with Crippen molar-refractivity contribution in [2.45, 2.75) is 13.1 Å². The molecule has 1 N–H and O–H groups in total. The molecule has 0 radical (unpaired) electrons. The van der Waals surface area contributed by atoms with Crippen LogP contribution in [0.25, 0.3) is 10.9 Å². The highest BCUT2D eigenvalue weighted by molar-refractivity contribution is 5.82. The Labute approximate surface area is 117 Å². The Hall–Kier alpha value is -2.20. The topological polar surface area (TPSA) is 29.9 Å². The maximum absolute atomic E-state index is 13.3. The number of nitrogens with zero attached hydrogens (tertiary/aromatic N) is 2. The molecule has 1 heterocycles. The van der Waals surface area contributed by atoms with Gasteiger partial charge in [0.2, 0.25) is 0 Å². The zero-order valence-corrected chi connectivity index (χ0v) is 11.3. The number of hydrogen-bond donors (Lipinski definition) is 1. The van der Waals surface area contributed by atoms with Crippen LogP contribution in [-0.2, 0) is 13.1 Å². The summed E-state index contributed by atoms with van der Waals surface area (Å²) in [5, 5.41) is 8.90. The highest BCUT2D eigenvalue weighted by atomic mass is 19.1. The molecule has 4 heteroatoms. The van der Waals surface area contributed by atoms with E-state index in [0.29, 0.717) is 6.54 Å². The first-order valence-corrected chi connectivity index (χ1v) is 6.61. The van der Waals surface area contributed by atoms with Gasteiger partial charge in [-0.15, -0.1) is 0 Å². The molecule has 0 amide bonds. The van der Waals surface area contributed by atoms with E-state index in [1.165, 1.54) is 6.07 Å². The van der Waals surface area contributed by atoms with Crippen LogP contribution in [0.3, 0.4) is 0 Å². The van der Waals surface area contributed by atoms with Gasteiger partial charge in [-0.05, 0) is 30.8 Å². The van der Waals surface area contributed by atoms with E-state index in [9.17, 15) is 4.39 Å². The lowest BCUT2D eigenvalue weighted by Crippen LogP contribution is -2.07. The molecule has 0 unspecified atom stereocenters. The van der Waals surface area contributed by atoms with Gasteiger partial charge in [0.1, 0.15) is 5.82 Å². The van der Waals surface area contributed by atoms with Crippen LogP contribution in [-0.4, -0.2) is 16.8 Å². The van der Waals surface area contributed by atoms with Crippen LogP contribution in [0.4, 0.5) is 4.39 Å². The Morgan fingerprint density at radius 1 is 1.15 bits per heavy atom. The van der Waals surface area contributed by atoms with Crippen molar-refractivity contribution in [1.29, 1.82) is 0 Å². The summed E-state index contributed by atoms with van der Waals surface area (Å²) < 4.78 is 15.2. The summed E-state index contributed by atoms with van der Waals surface area (Å²) in [6, 6.07) is 14.8. The molecule has 102 valence electrons. The lowest BCUT2D eigenvalue weighted by Gasteiger charge is -2.04. The first-order valence-electron chi connectivity index (χ1n) is 6.61. The lowest BCUT2D eigenvalue weighted by molar-refractivity contribution is 0.619. The lowest BCUT2D eigenvalue weighted by atomic mass is 10.2. The number of nitrogens with one attached hydrogen (secondary N) is 1. The van der Waals surface area contributed by atoms with Gasteiger partial charge in [-0.2, -0.15) is 5.10 Å². The molecule has 0 spiro atoms. The van der Waals surface area contributed by atoms with Crippen molar-refractivity contribution in [3.63, 3.8) is 0 Å². The van der Waals surface area contributed by atoms with E-state index in [4.69, 9.17) is 0 Å².